The highest BCUT2D eigenvalue weighted by Gasteiger charge is 2.30. The molecule has 21 heavy (non-hydrogen) atoms. The number of alkyl halides is 3. The van der Waals surface area contributed by atoms with Gasteiger partial charge >= 0.3 is 6.18 Å². The standard InChI is InChI=1S/C15H13F3N2O/c1-9-3-2-4-10(7-9)14(21)20-13-6-5-11(8-12(13)19)15(16,17)18/h2-8H,19H2,1H3,(H,20,21). The number of benzene rings is 2. The van der Waals surface area contributed by atoms with Crippen LogP contribution >= 0.6 is 0 Å². The van der Waals surface area contributed by atoms with Crippen molar-refractivity contribution in [3.63, 3.8) is 0 Å². The van der Waals surface area contributed by atoms with Crippen LogP contribution in [-0.4, -0.2) is 5.91 Å². The number of nitrogen functional groups attached to an aromatic ring is 1. The summed E-state index contributed by atoms with van der Waals surface area (Å²) in [6, 6.07) is 9.67. The molecule has 0 atom stereocenters. The molecule has 0 aliphatic rings. The number of nitrogens with two attached hydrogens (primary N) is 1. The van der Waals surface area contributed by atoms with E-state index in [2.05, 4.69) is 5.32 Å². The van der Waals surface area contributed by atoms with E-state index in [-0.39, 0.29) is 11.4 Å². The van der Waals surface area contributed by atoms with Crippen LogP contribution in [0.5, 0.6) is 0 Å². The van der Waals surface area contributed by atoms with Crippen molar-refractivity contribution >= 4 is 17.3 Å². The number of halogens is 3. The molecule has 0 unspecified atom stereocenters. The van der Waals surface area contributed by atoms with Crippen molar-refractivity contribution in [2.75, 3.05) is 11.1 Å². The second-order valence-electron chi connectivity index (χ2n) is 4.62. The van der Waals surface area contributed by atoms with Gasteiger partial charge in [0.25, 0.3) is 5.91 Å². The molecule has 2 aromatic carbocycles. The molecular weight excluding hydrogens is 281 g/mol. The van der Waals surface area contributed by atoms with Gasteiger partial charge in [0.05, 0.1) is 16.9 Å². The molecule has 0 fully saturated rings. The van der Waals surface area contributed by atoms with E-state index in [4.69, 9.17) is 5.73 Å². The maximum Gasteiger partial charge on any atom is 0.416 e. The molecular formula is C15H13F3N2O. The topological polar surface area (TPSA) is 55.1 Å². The SMILES string of the molecule is Cc1cccc(C(=O)Nc2ccc(C(F)(F)F)cc2N)c1. The highest BCUT2D eigenvalue weighted by atomic mass is 19.4. The monoisotopic (exact) mass is 294 g/mol. The number of hydrogen-bond acceptors (Lipinski definition) is 2. The fraction of sp³-hybridized carbons (Fsp3) is 0.133. The van der Waals surface area contributed by atoms with Crippen LogP contribution in [0.4, 0.5) is 24.5 Å². The normalized spacial score (nSPS) is 11.2. The van der Waals surface area contributed by atoms with E-state index in [1.807, 2.05) is 13.0 Å². The third-order valence-corrected chi connectivity index (χ3v) is 2.91. The van der Waals surface area contributed by atoms with Crippen LogP contribution in [0.15, 0.2) is 42.5 Å². The summed E-state index contributed by atoms with van der Waals surface area (Å²) in [4.78, 5) is 12.0. The first-order valence-corrected chi connectivity index (χ1v) is 6.12. The Morgan fingerprint density at radius 2 is 1.86 bits per heavy atom. The zero-order valence-electron chi connectivity index (χ0n) is 11.2. The molecule has 0 aromatic heterocycles. The van der Waals surface area contributed by atoms with Crippen molar-refractivity contribution < 1.29 is 18.0 Å². The molecule has 3 N–H and O–H groups in total. The predicted octanol–water partition coefficient (Wildman–Crippen LogP) is 3.85. The first-order valence-electron chi connectivity index (χ1n) is 6.12. The molecule has 0 saturated carbocycles. The maximum absolute atomic E-state index is 12.5. The van der Waals surface area contributed by atoms with Crippen LogP contribution in [0, 0.1) is 6.92 Å². The lowest BCUT2D eigenvalue weighted by molar-refractivity contribution is -0.137. The highest BCUT2D eigenvalue weighted by Crippen LogP contribution is 2.32. The fourth-order valence-corrected chi connectivity index (χ4v) is 1.83. The second-order valence-corrected chi connectivity index (χ2v) is 4.62. The van der Waals surface area contributed by atoms with Crippen molar-refractivity contribution in [1.29, 1.82) is 0 Å². The number of aryl methyl sites for hydroxylation is 1. The van der Waals surface area contributed by atoms with E-state index in [0.29, 0.717) is 5.56 Å². The quantitative estimate of drug-likeness (QED) is 0.827. The van der Waals surface area contributed by atoms with Crippen molar-refractivity contribution in [3.05, 3.63) is 59.2 Å². The molecule has 0 bridgehead atoms. The maximum atomic E-state index is 12.5. The smallest absolute Gasteiger partial charge is 0.397 e. The molecule has 3 nitrogen and oxygen atoms in total. The second kappa shape index (κ2) is 5.47. The Morgan fingerprint density at radius 1 is 1.14 bits per heavy atom. The van der Waals surface area contributed by atoms with Crippen LogP contribution in [-0.2, 0) is 6.18 Å². The third kappa shape index (κ3) is 3.53. The number of nitrogens with one attached hydrogen (secondary N) is 1. The number of hydrogen-bond donors (Lipinski definition) is 2. The van der Waals surface area contributed by atoms with Gasteiger partial charge < -0.3 is 11.1 Å². The van der Waals surface area contributed by atoms with E-state index in [9.17, 15) is 18.0 Å². The summed E-state index contributed by atoms with van der Waals surface area (Å²) in [5.74, 6) is -0.426. The Kier molecular flexibility index (Phi) is 3.88. The zero-order chi connectivity index (χ0) is 15.6. The third-order valence-electron chi connectivity index (χ3n) is 2.91. The van der Waals surface area contributed by atoms with Crippen LogP contribution < -0.4 is 11.1 Å². The summed E-state index contributed by atoms with van der Waals surface area (Å²) in [5, 5.41) is 2.50. The first kappa shape index (κ1) is 14.9. The van der Waals surface area contributed by atoms with Gasteiger partial charge in [-0.15, -0.1) is 0 Å². The molecule has 0 aliphatic heterocycles. The zero-order valence-corrected chi connectivity index (χ0v) is 11.2. The Hall–Kier alpha value is -2.50. The minimum atomic E-state index is -4.47. The van der Waals surface area contributed by atoms with Crippen molar-refractivity contribution in [1.82, 2.24) is 0 Å². The van der Waals surface area contributed by atoms with Gasteiger partial charge in [0.15, 0.2) is 0 Å². The average Bonchev–Trinajstić information content (AvgIpc) is 2.39. The molecule has 6 heteroatoms. The van der Waals surface area contributed by atoms with E-state index < -0.39 is 17.6 Å². The predicted molar refractivity (Wildman–Crippen MR) is 75.0 cm³/mol. The van der Waals surface area contributed by atoms with Gasteiger partial charge in [-0.05, 0) is 37.3 Å². The van der Waals surface area contributed by atoms with Crippen LogP contribution in [0.2, 0.25) is 0 Å². The van der Waals surface area contributed by atoms with Gasteiger partial charge in [-0.1, -0.05) is 17.7 Å². The van der Waals surface area contributed by atoms with Crippen LogP contribution in [0.3, 0.4) is 0 Å². The largest absolute Gasteiger partial charge is 0.416 e. The Labute approximate surface area is 119 Å². The van der Waals surface area contributed by atoms with Gasteiger partial charge in [0.1, 0.15) is 0 Å². The number of carbonyl (C=O) groups excluding carboxylic acids is 1. The lowest BCUT2D eigenvalue weighted by Gasteiger charge is -2.12. The first-order chi connectivity index (χ1) is 9.77. The molecule has 2 aromatic rings. The van der Waals surface area contributed by atoms with Gasteiger partial charge in [-0.2, -0.15) is 13.2 Å². The van der Waals surface area contributed by atoms with Gasteiger partial charge in [-0.3, -0.25) is 4.79 Å². The molecule has 0 radical (unpaired) electrons. The molecule has 2 rings (SSSR count). The average molecular weight is 294 g/mol. The Morgan fingerprint density at radius 3 is 2.43 bits per heavy atom. The molecule has 0 aliphatic carbocycles. The summed E-state index contributed by atoms with van der Waals surface area (Å²) in [6.45, 7) is 1.84. The van der Waals surface area contributed by atoms with E-state index in [1.165, 1.54) is 0 Å². The minimum Gasteiger partial charge on any atom is -0.397 e. The number of anilines is 2. The lowest BCUT2D eigenvalue weighted by Crippen LogP contribution is -2.14. The molecule has 0 spiro atoms. The van der Waals surface area contributed by atoms with E-state index in [0.717, 1.165) is 23.8 Å². The van der Waals surface area contributed by atoms with Crippen LogP contribution in [0.25, 0.3) is 0 Å². The summed E-state index contributed by atoms with van der Waals surface area (Å²) in [5.41, 5.74) is 6.04. The van der Waals surface area contributed by atoms with Crippen molar-refractivity contribution in [2.24, 2.45) is 0 Å². The highest BCUT2D eigenvalue weighted by molar-refractivity contribution is 6.05. The number of amides is 1. The minimum absolute atomic E-state index is 0.133. The molecule has 1 amide bonds. The number of rotatable bonds is 2. The summed E-state index contributed by atoms with van der Waals surface area (Å²) in [6.07, 6.45) is -4.47. The van der Waals surface area contributed by atoms with Crippen LogP contribution in [0.1, 0.15) is 21.5 Å². The van der Waals surface area contributed by atoms with E-state index in [1.54, 1.807) is 18.2 Å². The van der Waals surface area contributed by atoms with Gasteiger partial charge in [-0.25, -0.2) is 0 Å². The van der Waals surface area contributed by atoms with Crippen molar-refractivity contribution in [2.45, 2.75) is 13.1 Å². The molecule has 0 saturated heterocycles. The van der Waals surface area contributed by atoms with Gasteiger partial charge in [0, 0.05) is 5.56 Å². The van der Waals surface area contributed by atoms with Crippen molar-refractivity contribution in [3.8, 4) is 0 Å². The Balaban J connectivity index is 2.22. The summed E-state index contributed by atoms with van der Waals surface area (Å²) in [7, 11) is 0. The Bertz CT molecular complexity index is 681. The molecule has 110 valence electrons. The van der Waals surface area contributed by atoms with Gasteiger partial charge in [0.2, 0.25) is 0 Å². The number of carbonyl (C=O) groups is 1. The van der Waals surface area contributed by atoms with E-state index >= 15 is 0 Å². The lowest BCUT2D eigenvalue weighted by atomic mass is 10.1. The summed E-state index contributed by atoms with van der Waals surface area (Å²) >= 11 is 0. The molecule has 0 heterocycles. The summed E-state index contributed by atoms with van der Waals surface area (Å²) < 4.78 is 37.6. The fourth-order valence-electron chi connectivity index (χ4n) is 1.83.